The van der Waals surface area contributed by atoms with Crippen LogP contribution in [0.25, 0.3) is 10.6 Å². The Kier molecular flexibility index (Phi) is 4.37. The van der Waals surface area contributed by atoms with E-state index in [0.29, 0.717) is 11.3 Å². The first-order valence-electron chi connectivity index (χ1n) is 8.18. The Bertz CT molecular complexity index is 1020. The highest BCUT2D eigenvalue weighted by Gasteiger charge is 2.21. The largest absolute Gasteiger partial charge is 0.335 e. The van der Waals surface area contributed by atoms with E-state index in [1.54, 1.807) is 11.3 Å². The van der Waals surface area contributed by atoms with Gasteiger partial charge in [0.1, 0.15) is 5.01 Å². The third kappa shape index (κ3) is 3.35. The predicted molar refractivity (Wildman–Crippen MR) is 102 cm³/mol. The van der Waals surface area contributed by atoms with Crippen molar-refractivity contribution in [1.29, 1.82) is 0 Å². The van der Waals surface area contributed by atoms with E-state index in [2.05, 4.69) is 33.9 Å². The number of H-pyrrole nitrogens is 2. The van der Waals surface area contributed by atoms with Crippen molar-refractivity contribution in [2.45, 2.75) is 26.4 Å². The zero-order valence-corrected chi connectivity index (χ0v) is 15.5. The number of hydrogen-bond donors (Lipinski definition) is 2. The number of benzene rings is 1. The second kappa shape index (κ2) is 6.67. The van der Waals surface area contributed by atoms with Crippen LogP contribution in [0.3, 0.4) is 0 Å². The van der Waals surface area contributed by atoms with Gasteiger partial charge < -0.3 is 4.98 Å². The predicted octanol–water partition coefficient (Wildman–Crippen LogP) is 3.42. The molecule has 0 atom stereocenters. The van der Waals surface area contributed by atoms with Crippen LogP contribution in [0.2, 0.25) is 0 Å². The molecule has 5 nitrogen and oxygen atoms in total. The number of fused-ring (bicyclic) bond motifs is 1. The van der Waals surface area contributed by atoms with Gasteiger partial charge in [-0.3, -0.25) is 14.7 Å². The first-order chi connectivity index (χ1) is 12.1. The zero-order chi connectivity index (χ0) is 17.4. The van der Waals surface area contributed by atoms with Gasteiger partial charge >= 0.3 is 0 Å². The summed E-state index contributed by atoms with van der Waals surface area (Å²) in [6.07, 6.45) is 0.812. The Labute approximate surface area is 154 Å². The van der Waals surface area contributed by atoms with Crippen molar-refractivity contribution in [3.8, 4) is 10.6 Å². The maximum absolute atomic E-state index is 12.2. The molecule has 25 heavy (non-hydrogen) atoms. The van der Waals surface area contributed by atoms with Gasteiger partial charge in [-0.05, 0) is 19.1 Å². The number of nitrogens with one attached hydrogen (secondary N) is 2. The molecule has 128 valence electrons. The lowest BCUT2D eigenvalue weighted by atomic mass is 10.1. The SMILES string of the molecule is Cc1nc(-c2ccccc2)sc1CN1CCc2[nH]c(=S)[nH]c(=O)c2C1. The van der Waals surface area contributed by atoms with Crippen LogP contribution in [-0.2, 0) is 19.5 Å². The van der Waals surface area contributed by atoms with E-state index in [0.717, 1.165) is 47.0 Å². The Morgan fingerprint density at radius 1 is 1.28 bits per heavy atom. The summed E-state index contributed by atoms with van der Waals surface area (Å²) in [6.45, 7) is 4.40. The van der Waals surface area contributed by atoms with E-state index in [1.165, 1.54) is 4.88 Å². The fourth-order valence-electron chi connectivity index (χ4n) is 3.13. The second-order valence-corrected chi connectivity index (χ2v) is 7.71. The number of aromatic amines is 2. The van der Waals surface area contributed by atoms with E-state index < -0.39 is 0 Å². The summed E-state index contributed by atoms with van der Waals surface area (Å²) < 4.78 is 0.406. The molecule has 1 aromatic carbocycles. The van der Waals surface area contributed by atoms with Gasteiger partial charge in [0.25, 0.3) is 5.56 Å². The van der Waals surface area contributed by atoms with Crippen LogP contribution in [0.4, 0.5) is 0 Å². The zero-order valence-electron chi connectivity index (χ0n) is 13.8. The van der Waals surface area contributed by atoms with Crippen LogP contribution < -0.4 is 5.56 Å². The van der Waals surface area contributed by atoms with Gasteiger partial charge in [0, 0.05) is 42.2 Å². The molecule has 3 aromatic rings. The molecular weight excluding hydrogens is 352 g/mol. The Balaban J connectivity index is 1.56. The van der Waals surface area contributed by atoms with Crippen molar-refractivity contribution in [2.24, 2.45) is 0 Å². The van der Waals surface area contributed by atoms with Crippen LogP contribution in [-0.4, -0.2) is 26.4 Å². The van der Waals surface area contributed by atoms with Gasteiger partial charge in [-0.25, -0.2) is 4.98 Å². The Hall–Kier alpha value is -2.09. The molecule has 7 heteroatoms. The normalized spacial score (nSPS) is 14.4. The summed E-state index contributed by atoms with van der Waals surface area (Å²) in [7, 11) is 0. The quantitative estimate of drug-likeness (QED) is 0.694. The Morgan fingerprint density at radius 2 is 2.08 bits per heavy atom. The van der Waals surface area contributed by atoms with Gasteiger partial charge in [-0.15, -0.1) is 11.3 Å². The fourth-order valence-corrected chi connectivity index (χ4v) is 4.46. The number of rotatable bonds is 3. The molecule has 2 N–H and O–H groups in total. The first kappa shape index (κ1) is 16.4. The van der Waals surface area contributed by atoms with E-state index in [-0.39, 0.29) is 5.56 Å². The number of aryl methyl sites for hydroxylation is 1. The lowest BCUT2D eigenvalue weighted by Crippen LogP contribution is -2.35. The smallest absolute Gasteiger partial charge is 0.256 e. The maximum atomic E-state index is 12.2. The maximum Gasteiger partial charge on any atom is 0.256 e. The second-order valence-electron chi connectivity index (χ2n) is 6.22. The minimum absolute atomic E-state index is 0.0746. The number of nitrogens with zero attached hydrogens (tertiary/aromatic N) is 2. The van der Waals surface area contributed by atoms with Crippen LogP contribution in [0.5, 0.6) is 0 Å². The van der Waals surface area contributed by atoms with Crippen LogP contribution in [0.1, 0.15) is 21.8 Å². The van der Waals surface area contributed by atoms with E-state index in [4.69, 9.17) is 17.2 Å². The lowest BCUT2D eigenvalue weighted by Gasteiger charge is -2.27. The van der Waals surface area contributed by atoms with Gasteiger partial charge in [0.15, 0.2) is 4.77 Å². The molecule has 0 fully saturated rings. The molecule has 0 amide bonds. The average molecular weight is 371 g/mol. The van der Waals surface area contributed by atoms with Gasteiger partial charge in [0.05, 0.1) is 11.3 Å². The van der Waals surface area contributed by atoms with Crippen LogP contribution in [0, 0.1) is 11.7 Å². The van der Waals surface area contributed by atoms with Crippen LogP contribution >= 0.6 is 23.6 Å². The molecule has 2 aromatic heterocycles. The molecule has 0 radical (unpaired) electrons. The lowest BCUT2D eigenvalue weighted by molar-refractivity contribution is 0.243. The highest BCUT2D eigenvalue weighted by Crippen LogP contribution is 2.29. The molecule has 0 saturated heterocycles. The standard InChI is InChI=1S/C18H18N4OS2/c1-11-15(25-17(19-11)12-5-3-2-4-6-12)10-22-8-7-14-13(9-22)16(23)21-18(24)20-14/h2-6H,7-10H2,1H3,(H2,20,21,23,24). The highest BCUT2D eigenvalue weighted by atomic mass is 32.1. The first-order valence-corrected chi connectivity index (χ1v) is 9.41. The van der Waals surface area contributed by atoms with Crippen molar-refractivity contribution in [1.82, 2.24) is 19.9 Å². The molecule has 4 rings (SSSR count). The summed E-state index contributed by atoms with van der Waals surface area (Å²) in [5.41, 5.74) is 3.90. The third-order valence-electron chi connectivity index (χ3n) is 4.47. The van der Waals surface area contributed by atoms with Crippen molar-refractivity contribution in [2.75, 3.05) is 6.54 Å². The van der Waals surface area contributed by atoms with Crippen molar-refractivity contribution in [3.63, 3.8) is 0 Å². The minimum Gasteiger partial charge on any atom is -0.335 e. The van der Waals surface area contributed by atoms with Crippen molar-refractivity contribution in [3.05, 3.63) is 67.3 Å². The third-order valence-corrected chi connectivity index (χ3v) is 5.87. The van der Waals surface area contributed by atoms with Gasteiger partial charge in [-0.2, -0.15) is 0 Å². The van der Waals surface area contributed by atoms with Crippen molar-refractivity contribution < 1.29 is 0 Å². The molecular formula is C18H18N4OS2. The van der Waals surface area contributed by atoms with Crippen molar-refractivity contribution >= 4 is 23.6 Å². The molecule has 3 heterocycles. The molecule has 0 unspecified atom stereocenters. The summed E-state index contributed by atoms with van der Waals surface area (Å²) in [6, 6.07) is 10.2. The number of hydrogen-bond acceptors (Lipinski definition) is 5. The number of aromatic nitrogens is 3. The highest BCUT2D eigenvalue weighted by molar-refractivity contribution is 7.71. The van der Waals surface area contributed by atoms with Crippen LogP contribution in [0.15, 0.2) is 35.1 Å². The molecule has 1 aliphatic heterocycles. The summed E-state index contributed by atoms with van der Waals surface area (Å²) in [5.74, 6) is 0. The molecule has 0 bridgehead atoms. The van der Waals surface area contributed by atoms with E-state index in [1.807, 2.05) is 18.2 Å². The van der Waals surface area contributed by atoms with Gasteiger partial charge in [0.2, 0.25) is 0 Å². The summed E-state index contributed by atoms with van der Waals surface area (Å²) in [5, 5.41) is 1.05. The minimum atomic E-state index is -0.0746. The molecule has 1 aliphatic rings. The summed E-state index contributed by atoms with van der Waals surface area (Å²) in [4.78, 5) is 26.2. The number of thiazole rings is 1. The molecule has 0 spiro atoms. The average Bonchev–Trinajstić information content (AvgIpc) is 2.97. The fraction of sp³-hybridized carbons (Fsp3) is 0.278. The van der Waals surface area contributed by atoms with E-state index in [9.17, 15) is 4.79 Å². The molecule has 0 saturated carbocycles. The summed E-state index contributed by atoms with van der Waals surface area (Å²) >= 11 is 6.79. The topological polar surface area (TPSA) is 64.8 Å². The Morgan fingerprint density at radius 3 is 2.88 bits per heavy atom. The van der Waals surface area contributed by atoms with E-state index >= 15 is 0 Å². The molecule has 0 aliphatic carbocycles. The van der Waals surface area contributed by atoms with Gasteiger partial charge in [-0.1, -0.05) is 30.3 Å². The monoisotopic (exact) mass is 370 g/mol.